The highest BCUT2D eigenvalue weighted by molar-refractivity contribution is 7.09. The Kier molecular flexibility index (Phi) is 5.95. The van der Waals surface area contributed by atoms with Crippen LogP contribution < -0.4 is 5.73 Å². The predicted molar refractivity (Wildman–Crippen MR) is 96.9 cm³/mol. The van der Waals surface area contributed by atoms with E-state index in [-0.39, 0.29) is 11.9 Å². The van der Waals surface area contributed by atoms with Crippen molar-refractivity contribution < 1.29 is 13.6 Å². The monoisotopic (exact) mass is 380 g/mol. The van der Waals surface area contributed by atoms with Gasteiger partial charge < -0.3 is 10.6 Å². The number of hydrogen-bond acceptors (Lipinski definition) is 5. The summed E-state index contributed by atoms with van der Waals surface area (Å²) in [6, 6.07) is 3.60. The van der Waals surface area contributed by atoms with Crippen molar-refractivity contribution in [1.29, 1.82) is 0 Å². The zero-order chi connectivity index (χ0) is 18.7. The van der Waals surface area contributed by atoms with Crippen molar-refractivity contribution in [1.82, 2.24) is 14.8 Å². The smallest absolute Gasteiger partial charge is 0.273 e. The van der Waals surface area contributed by atoms with Crippen LogP contribution in [0.5, 0.6) is 0 Å². The van der Waals surface area contributed by atoms with E-state index in [0.717, 1.165) is 11.1 Å². The van der Waals surface area contributed by atoms with Gasteiger partial charge in [0.25, 0.3) is 5.91 Å². The van der Waals surface area contributed by atoms with Crippen molar-refractivity contribution in [3.05, 3.63) is 51.5 Å². The summed E-state index contributed by atoms with van der Waals surface area (Å²) in [5.74, 6) is -1.19. The maximum atomic E-state index is 14.2. The van der Waals surface area contributed by atoms with Crippen LogP contribution >= 0.6 is 11.3 Å². The molecule has 2 heterocycles. The Labute approximate surface area is 155 Å². The normalized spacial score (nSPS) is 16.7. The second-order valence-corrected chi connectivity index (χ2v) is 7.19. The van der Waals surface area contributed by atoms with Crippen molar-refractivity contribution in [2.75, 3.05) is 26.2 Å². The molecule has 3 rings (SSSR count). The summed E-state index contributed by atoms with van der Waals surface area (Å²) in [6.45, 7) is 4.67. The van der Waals surface area contributed by atoms with Gasteiger partial charge in [-0.2, -0.15) is 0 Å². The van der Waals surface area contributed by atoms with E-state index < -0.39 is 11.6 Å². The Hall–Kier alpha value is -1.90. The molecule has 1 atom stereocenters. The molecule has 1 aromatic heterocycles. The lowest BCUT2D eigenvalue weighted by Gasteiger charge is -2.39. The average Bonchev–Trinajstić information content (AvgIpc) is 3.13. The number of amides is 1. The first-order valence-electron chi connectivity index (χ1n) is 8.66. The number of nitrogens with two attached hydrogens (primary N) is 1. The van der Waals surface area contributed by atoms with Crippen molar-refractivity contribution in [2.45, 2.75) is 25.9 Å². The number of aromatic nitrogens is 1. The van der Waals surface area contributed by atoms with Crippen LogP contribution in [-0.2, 0) is 6.54 Å². The van der Waals surface area contributed by atoms with Gasteiger partial charge in [0.2, 0.25) is 0 Å². The number of hydrogen-bond donors (Lipinski definition) is 1. The topological polar surface area (TPSA) is 62.5 Å². The third-order valence-corrected chi connectivity index (χ3v) is 5.57. The number of rotatable bonds is 5. The Bertz CT molecular complexity index is 774. The summed E-state index contributed by atoms with van der Waals surface area (Å²) in [6.07, 6.45) is 0.711. The van der Waals surface area contributed by atoms with E-state index in [2.05, 4.69) is 9.88 Å². The standard InChI is InChI=1S/C18H22F2N4OS/c1-2-16(13-4-3-12(19)9-14(13)20)23-5-7-24(8-6-23)18(25)15-11-26-17(10-21)22-15/h3-4,9,11,16H,2,5-8,10,21H2,1H3. The van der Waals surface area contributed by atoms with Crippen LogP contribution in [0.4, 0.5) is 8.78 Å². The first kappa shape index (κ1) is 18.9. The number of halogens is 2. The van der Waals surface area contributed by atoms with Crippen molar-refractivity contribution in [2.24, 2.45) is 5.73 Å². The molecule has 0 saturated carbocycles. The fraction of sp³-hybridized carbons (Fsp3) is 0.444. The molecule has 5 nitrogen and oxygen atoms in total. The molecule has 0 radical (unpaired) electrons. The van der Waals surface area contributed by atoms with Gasteiger partial charge in [0, 0.05) is 55.8 Å². The lowest BCUT2D eigenvalue weighted by atomic mass is 10.0. The molecule has 1 aliphatic rings. The molecule has 1 saturated heterocycles. The predicted octanol–water partition coefficient (Wildman–Crippen LogP) is 2.79. The SMILES string of the molecule is CCC(c1ccc(F)cc1F)N1CCN(C(=O)c2csc(CN)n2)CC1. The van der Waals surface area contributed by atoms with Gasteiger partial charge in [-0.25, -0.2) is 13.8 Å². The van der Waals surface area contributed by atoms with Crippen molar-refractivity contribution in [3.63, 3.8) is 0 Å². The molecule has 0 spiro atoms. The van der Waals surface area contributed by atoms with Gasteiger partial charge in [-0.1, -0.05) is 13.0 Å². The molecule has 2 aromatic rings. The van der Waals surface area contributed by atoms with E-state index in [0.29, 0.717) is 50.4 Å². The van der Waals surface area contributed by atoms with Gasteiger partial charge in [0.15, 0.2) is 0 Å². The average molecular weight is 380 g/mol. The zero-order valence-electron chi connectivity index (χ0n) is 14.6. The maximum Gasteiger partial charge on any atom is 0.273 e. The van der Waals surface area contributed by atoms with Crippen LogP contribution in [-0.4, -0.2) is 46.9 Å². The highest BCUT2D eigenvalue weighted by atomic mass is 32.1. The fourth-order valence-electron chi connectivity index (χ4n) is 3.35. The van der Waals surface area contributed by atoms with E-state index in [9.17, 15) is 13.6 Å². The van der Waals surface area contributed by atoms with Crippen LogP contribution in [0.3, 0.4) is 0 Å². The van der Waals surface area contributed by atoms with Gasteiger partial charge in [-0.05, 0) is 12.5 Å². The van der Waals surface area contributed by atoms with Crippen LogP contribution in [0.1, 0.15) is 40.4 Å². The molecular weight excluding hydrogens is 358 g/mol. The fourth-order valence-corrected chi connectivity index (χ4v) is 4.00. The molecule has 1 aromatic carbocycles. The number of benzene rings is 1. The Morgan fingerprint density at radius 2 is 2.04 bits per heavy atom. The third kappa shape index (κ3) is 3.92. The largest absolute Gasteiger partial charge is 0.335 e. The van der Waals surface area contributed by atoms with E-state index >= 15 is 0 Å². The molecule has 140 valence electrons. The summed E-state index contributed by atoms with van der Waals surface area (Å²) in [5, 5.41) is 2.48. The molecule has 0 aliphatic carbocycles. The first-order chi connectivity index (χ1) is 12.5. The zero-order valence-corrected chi connectivity index (χ0v) is 15.4. The maximum absolute atomic E-state index is 14.2. The van der Waals surface area contributed by atoms with Gasteiger partial charge in [-0.15, -0.1) is 11.3 Å². The quantitative estimate of drug-likeness (QED) is 0.866. The van der Waals surface area contributed by atoms with E-state index in [4.69, 9.17) is 5.73 Å². The van der Waals surface area contributed by atoms with Crippen LogP contribution in [0.2, 0.25) is 0 Å². The number of thiazole rings is 1. The third-order valence-electron chi connectivity index (χ3n) is 4.70. The molecule has 8 heteroatoms. The molecule has 1 amide bonds. The summed E-state index contributed by atoms with van der Waals surface area (Å²) >= 11 is 1.38. The number of carbonyl (C=O) groups is 1. The highest BCUT2D eigenvalue weighted by Gasteiger charge is 2.28. The molecule has 1 aliphatic heterocycles. The van der Waals surface area contributed by atoms with Gasteiger partial charge in [-0.3, -0.25) is 9.69 Å². The van der Waals surface area contributed by atoms with Crippen molar-refractivity contribution in [3.8, 4) is 0 Å². The number of carbonyl (C=O) groups excluding carboxylic acids is 1. The molecule has 2 N–H and O–H groups in total. The molecular formula is C18H22F2N4OS. The minimum Gasteiger partial charge on any atom is -0.335 e. The second-order valence-electron chi connectivity index (χ2n) is 6.25. The van der Waals surface area contributed by atoms with E-state index in [1.165, 1.54) is 23.5 Å². The summed E-state index contributed by atoms with van der Waals surface area (Å²) in [7, 11) is 0. The lowest BCUT2D eigenvalue weighted by molar-refractivity contribution is 0.0554. The molecule has 26 heavy (non-hydrogen) atoms. The summed E-state index contributed by atoms with van der Waals surface area (Å²) in [4.78, 5) is 20.7. The summed E-state index contributed by atoms with van der Waals surface area (Å²) < 4.78 is 27.3. The van der Waals surface area contributed by atoms with Crippen molar-refractivity contribution >= 4 is 17.2 Å². The van der Waals surface area contributed by atoms with Gasteiger partial charge in [0.1, 0.15) is 22.3 Å². The Balaban J connectivity index is 1.65. The lowest BCUT2D eigenvalue weighted by Crippen LogP contribution is -2.49. The molecule has 1 fully saturated rings. The molecule has 0 bridgehead atoms. The van der Waals surface area contributed by atoms with Crippen LogP contribution in [0, 0.1) is 11.6 Å². The van der Waals surface area contributed by atoms with Crippen LogP contribution in [0.25, 0.3) is 0 Å². The van der Waals surface area contributed by atoms with Gasteiger partial charge in [0.05, 0.1) is 0 Å². The Morgan fingerprint density at radius 3 is 2.62 bits per heavy atom. The van der Waals surface area contributed by atoms with Crippen LogP contribution in [0.15, 0.2) is 23.6 Å². The summed E-state index contributed by atoms with van der Waals surface area (Å²) in [5.41, 5.74) is 6.48. The first-order valence-corrected chi connectivity index (χ1v) is 9.54. The number of piperazine rings is 1. The number of nitrogens with zero attached hydrogens (tertiary/aromatic N) is 3. The van der Waals surface area contributed by atoms with E-state index in [1.807, 2.05) is 6.92 Å². The minimum atomic E-state index is -0.573. The second kappa shape index (κ2) is 8.20. The minimum absolute atomic E-state index is 0.0957. The van der Waals surface area contributed by atoms with Gasteiger partial charge >= 0.3 is 0 Å². The van der Waals surface area contributed by atoms with E-state index in [1.54, 1.807) is 10.3 Å². The molecule has 1 unspecified atom stereocenters. The Morgan fingerprint density at radius 1 is 1.31 bits per heavy atom. The highest BCUT2D eigenvalue weighted by Crippen LogP contribution is 2.28.